The summed E-state index contributed by atoms with van der Waals surface area (Å²) in [6.45, 7) is 2.98. The maximum atomic E-state index is 13.1. The quantitative estimate of drug-likeness (QED) is 0.659. The van der Waals surface area contributed by atoms with Crippen LogP contribution in [0.25, 0.3) is 10.2 Å². The fourth-order valence-electron chi connectivity index (χ4n) is 2.70. The average Bonchev–Trinajstić information content (AvgIpc) is 3.16. The van der Waals surface area contributed by atoms with Crippen molar-refractivity contribution in [2.45, 2.75) is 13.5 Å². The summed E-state index contributed by atoms with van der Waals surface area (Å²) in [6.07, 6.45) is 3.04. The van der Waals surface area contributed by atoms with Crippen LogP contribution in [0.15, 0.2) is 48.5 Å². The zero-order chi connectivity index (χ0) is 18.8. The van der Waals surface area contributed by atoms with Gasteiger partial charge in [-0.15, -0.1) is 0 Å². The molecule has 6 nitrogen and oxygen atoms in total. The van der Waals surface area contributed by atoms with E-state index in [9.17, 15) is 4.79 Å². The Bertz CT molecular complexity index is 981. The van der Waals surface area contributed by atoms with Crippen molar-refractivity contribution in [1.82, 2.24) is 9.97 Å². The van der Waals surface area contributed by atoms with Gasteiger partial charge < -0.3 is 9.47 Å². The number of ether oxygens (including phenoxy) is 2. The Balaban J connectivity index is 1.77. The molecule has 1 aromatic carbocycles. The predicted molar refractivity (Wildman–Crippen MR) is 105 cm³/mol. The number of hydrogen-bond acceptors (Lipinski definition) is 6. The summed E-state index contributed by atoms with van der Waals surface area (Å²) in [4.78, 5) is 23.7. The predicted octanol–water partition coefficient (Wildman–Crippen LogP) is 4.07. The molecule has 0 atom stereocenters. The third-order valence-corrected chi connectivity index (χ3v) is 5.61. The number of pyridine rings is 1. The highest BCUT2D eigenvalue weighted by Gasteiger charge is 2.27. The minimum absolute atomic E-state index is 0.152. The maximum Gasteiger partial charge on any atom is 0.298 e. The van der Waals surface area contributed by atoms with Crippen LogP contribution in [0.3, 0.4) is 0 Å². The lowest BCUT2D eigenvalue weighted by Gasteiger charge is -2.22. The van der Waals surface area contributed by atoms with E-state index in [1.807, 2.05) is 37.3 Å². The molecule has 0 fully saturated rings. The van der Waals surface area contributed by atoms with Gasteiger partial charge in [0.15, 0.2) is 5.13 Å². The lowest BCUT2D eigenvalue weighted by molar-refractivity contribution is -0.120. The van der Waals surface area contributed by atoms with Crippen molar-refractivity contribution in [2.75, 3.05) is 18.1 Å². The number of hydrogen-bond donors (Lipinski definition) is 0. The summed E-state index contributed by atoms with van der Waals surface area (Å²) in [5.74, 6) is -0.174. The van der Waals surface area contributed by atoms with Gasteiger partial charge in [-0.2, -0.15) is 0 Å². The fraction of sp³-hybridized carbons (Fsp3) is 0.211. The number of rotatable bonds is 4. The lowest BCUT2D eigenvalue weighted by atomic mass is 10.2. The number of amides is 1. The fourth-order valence-corrected chi connectivity index (χ4v) is 4.01. The van der Waals surface area contributed by atoms with Crippen molar-refractivity contribution in [3.63, 3.8) is 0 Å². The first-order valence-electron chi connectivity index (χ1n) is 8.35. The number of carbonyl (C=O) groups excluding carboxylic acids is 1. The van der Waals surface area contributed by atoms with Crippen LogP contribution in [-0.2, 0) is 20.8 Å². The van der Waals surface area contributed by atoms with Crippen LogP contribution in [0, 0.1) is 6.92 Å². The molecule has 1 aliphatic heterocycles. The monoisotopic (exact) mass is 401 g/mol. The first-order valence-corrected chi connectivity index (χ1v) is 9.55. The first kappa shape index (κ1) is 17.8. The van der Waals surface area contributed by atoms with Gasteiger partial charge in [-0.05, 0) is 30.7 Å². The molecular weight excluding hydrogens is 386 g/mol. The highest BCUT2D eigenvalue weighted by Crippen LogP contribution is 2.36. The molecule has 27 heavy (non-hydrogen) atoms. The summed E-state index contributed by atoms with van der Waals surface area (Å²) < 4.78 is 11.6. The van der Waals surface area contributed by atoms with Crippen LogP contribution < -0.4 is 4.90 Å². The van der Waals surface area contributed by atoms with E-state index < -0.39 is 0 Å². The summed E-state index contributed by atoms with van der Waals surface area (Å²) in [6, 6.07) is 9.33. The van der Waals surface area contributed by atoms with Gasteiger partial charge in [0.1, 0.15) is 19.5 Å². The molecule has 3 heterocycles. The van der Waals surface area contributed by atoms with E-state index in [1.54, 1.807) is 11.1 Å². The normalized spacial score (nSPS) is 13.6. The highest BCUT2D eigenvalue weighted by atomic mass is 35.5. The summed E-state index contributed by atoms with van der Waals surface area (Å²) in [5, 5.41) is 1.15. The van der Waals surface area contributed by atoms with Crippen molar-refractivity contribution in [2.24, 2.45) is 0 Å². The van der Waals surface area contributed by atoms with Crippen molar-refractivity contribution in [3.8, 4) is 0 Å². The van der Waals surface area contributed by atoms with Gasteiger partial charge in [-0.3, -0.25) is 14.7 Å². The number of nitrogens with zero attached hydrogens (tertiary/aromatic N) is 3. The third-order valence-electron chi connectivity index (χ3n) is 4.07. The minimum Gasteiger partial charge on any atom is -0.494 e. The molecule has 1 aliphatic rings. The average molecular weight is 402 g/mol. The molecular formula is C19H16ClN3O3S. The molecule has 0 N–H and O–H groups in total. The summed E-state index contributed by atoms with van der Waals surface area (Å²) in [7, 11) is 0. The second kappa shape index (κ2) is 7.54. The molecule has 8 heteroatoms. The molecule has 0 saturated carbocycles. The molecule has 3 aromatic rings. The van der Waals surface area contributed by atoms with Crippen LogP contribution in [0.2, 0.25) is 5.02 Å². The Hall–Kier alpha value is -2.64. The van der Waals surface area contributed by atoms with Crippen LogP contribution >= 0.6 is 22.9 Å². The van der Waals surface area contributed by atoms with E-state index in [2.05, 4.69) is 9.97 Å². The molecule has 138 valence electrons. The molecule has 0 bridgehead atoms. The number of thiazole rings is 1. The van der Waals surface area contributed by atoms with E-state index in [0.29, 0.717) is 23.4 Å². The van der Waals surface area contributed by atoms with E-state index >= 15 is 0 Å². The highest BCUT2D eigenvalue weighted by molar-refractivity contribution is 7.23. The molecule has 0 unspecified atom stereocenters. The SMILES string of the molecule is Cc1ccc(Cl)c2sc(N(Cc3ccccn3)C(=O)C3=COCCO3)nc12. The molecule has 4 rings (SSSR count). The number of carbonyl (C=O) groups is 1. The van der Waals surface area contributed by atoms with E-state index in [0.717, 1.165) is 21.5 Å². The second-order valence-corrected chi connectivity index (χ2v) is 7.34. The van der Waals surface area contributed by atoms with Crippen LogP contribution in [0.4, 0.5) is 5.13 Å². The van der Waals surface area contributed by atoms with Gasteiger partial charge in [0.05, 0.1) is 27.5 Å². The van der Waals surface area contributed by atoms with Gasteiger partial charge in [-0.1, -0.05) is 35.1 Å². The van der Waals surface area contributed by atoms with Gasteiger partial charge >= 0.3 is 0 Å². The Morgan fingerprint density at radius 1 is 1.30 bits per heavy atom. The summed E-state index contributed by atoms with van der Waals surface area (Å²) in [5.41, 5.74) is 2.53. The molecule has 0 spiro atoms. The van der Waals surface area contributed by atoms with Crippen molar-refractivity contribution in [3.05, 3.63) is 64.8 Å². The molecule has 0 aliphatic carbocycles. The van der Waals surface area contributed by atoms with E-state index in [1.165, 1.54) is 17.6 Å². The van der Waals surface area contributed by atoms with Crippen LogP contribution in [0.1, 0.15) is 11.3 Å². The number of anilines is 1. The third kappa shape index (κ3) is 3.61. The lowest BCUT2D eigenvalue weighted by Crippen LogP contribution is -2.34. The van der Waals surface area contributed by atoms with Crippen LogP contribution in [0.5, 0.6) is 0 Å². The van der Waals surface area contributed by atoms with Crippen molar-refractivity contribution >= 4 is 44.2 Å². The number of fused-ring (bicyclic) bond motifs is 1. The zero-order valence-electron chi connectivity index (χ0n) is 14.5. The largest absolute Gasteiger partial charge is 0.494 e. The van der Waals surface area contributed by atoms with Crippen molar-refractivity contribution in [1.29, 1.82) is 0 Å². The maximum absolute atomic E-state index is 13.1. The molecule has 1 amide bonds. The standard InChI is InChI=1S/C19H16ClN3O3S/c1-12-5-6-14(20)17-16(12)22-19(27-17)23(10-13-4-2-3-7-21-13)18(24)15-11-25-8-9-26-15/h2-7,11H,8-10H2,1H3. The van der Waals surface area contributed by atoms with Gasteiger partial charge in [0.2, 0.25) is 5.76 Å². The molecule has 2 aromatic heterocycles. The van der Waals surface area contributed by atoms with Gasteiger partial charge in [0.25, 0.3) is 5.91 Å². The van der Waals surface area contributed by atoms with E-state index in [-0.39, 0.29) is 18.2 Å². The Morgan fingerprint density at radius 2 is 2.19 bits per heavy atom. The van der Waals surface area contributed by atoms with Gasteiger partial charge in [-0.25, -0.2) is 4.98 Å². The topological polar surface area (TPSA) is 64.6 Å². The van der Waals surface area contributed by atoms with Crippen LogP contribution in [-0.4, -0.2) is 29.1 Å². The van der Waals surface area contributed by atoms with Crippen molar-refractivity contribution < 1.29 is 14.3 Å². The first-order chi connectivity index (χ1) is 13.1. The Morgan fingerprint density at radius 3 is 2.89 bits per heavy atom. The molecule has 0 saturated heterocycles. The number of aryl methyl sites for hydroxylation is 1. The number of aromatic nitrogens is 2. The van der Waals surface area contributed by atoms with E-state index in [4.69, 9.17) is 21.1 Å². The zero-order valence-corrected chi connectivity index (χ0v) is 16.1. The second-order valence-electron chi connectivity index (χ2n) is 5.95. The van der Waals surface area contributed by atoms with Gasteiger partial charge in [0, 0.05) is 6.20 Å². The summed E-state index contributed by atoms with van der Waals surface area (Å²) >= 11 is 7.70. The number of halogens is 1. The smallest absolute Gasteiger partial charge is 0.298 e. The Labute approximate surface area is 165 Å². The molecule has 0 radical (unpaired) electrons. The minimum atomic E-state index is -0.326. The number of benzene rings is 1. The Kier molecular flexibility index (Phi) is 4.96.